The molecule has 64 valence electrons. The van der Waals surface area contributed by atoms with Crippen LogP contribution in [-0.2, 0) is 12.8 Å². The maximum Gasteiger partial charge on any atom is -0.0240 e. The van der Waals surface area contributed by atoms with Crippen LogP contribution in [0, 0.1) is 0 Å². The van der Waals surface area contributed by atoms with Crippen molar-refractivity contribution in [2.75, 3.05) is 6.66 Å². The molecule has 0 saturated carbocycles. The smallest absolute Gasteiger partial charge is 0.0240 e. The lowest BCUT2D eigenvalue weighted by Crippen LogP contribution is -2.12. The van der Waals surface area contributed by atoms with Crippen LogP contribution in [0.15, 0.2) is 18.2 Å². The highest BCUT2D eigenvalue weighted by Gasteiger charge is 2.10. The van der Waals surface area contributed by atoms with Crippen LogP contribution in [0.5, 0.6) is 0 Å². The Morgan fingerprint density at radius 3 is 2.83 bits per heavy atom. The predicted molar refractivity (Wildman–Crippen MR) is 57.0 cm³/mol. The molecule has 0 aromatic heterocycles. The predicted octanol–water partition coefficient (Wildman–Crippen LogP) is 2.50. The van der Waals surface area contributed by atoms with Crippen molar-refractivity contribution < 1.29 is 0 Å². The first kappa shape index (κ1) is 8.26. The average molecular weight is 178 g/mol. The van der Waals surface area contributed by atoms with Gasteiger partial charge in [-0.3, -0.25) is 0 Å². The van der Waals surface area contributed by atoms with E-state index < -0.39 is 0 Å². The van der Waals surface area contributed by atoms with Gasteiger partial charge in [0.05, 0.1) is 0 Å². The standard InChI is InChI=1S/C11H15P/c1-12-11-8-4-6-9-5-2-3-7-10(9)11/h4,6,8,12H,2-3,5,7H2,1H3. The Labute approximate surface area is 76.2 Å². The molecular weight excluding hydrogens is 163 g/mol. The monoisotopic (exact) mass is 178 g/mol. The average Bonchev–Trinajstić information content (AvgIpc) is 2.17. The second-order valence-electron chi connectivity index (χ2n) is 3.40. The summed E-state index contributed by atoms with van der Waals surface area (Å²) in [6, 6.07) is 6.82. The minimum absolute atomic E-state index is 0.969. The third kappa shape index (κ3) is 1.41. The molecule has 0 aliphatic heterocycles. The van der Waals surface area contributed by atoms with Gasteiger partial charge in [-0.05, 0) is 48.8 Å². The topological polar surface area (TPSA) is 0 Å². The third-order valence-corrected chi connectivity index (χ3v) is 3.67. The Hall–Kier alpha value is -0.350. The van der Waals surface area contributed by atoms with Gasteiger partial charge in [0.1, 0.15) is 0 Å². The lowest BCUT2D eigenvalue weighted by molar-refractivity contribution is 0.689. The summed E-state index contributed by atoms with van der Waals surface area (Å²) in [6.45, 7) is 2.28. The SMILES string of the molecule is CPc1cccc2c1CCCC2. The number of benzene rings is 1. The molecule has 1 aliphatic carbocycles. The molecule has 0 nitrogen and oxygen atoms in total. The van der Waals surface area contributed by atoms with Crippen molar-refractivity contribution in [3.8, 4) is 0 Å². The summed E-state index contributed by atoms with van der Waals surface area (Å²) in [5.41, 5.74) is 3.29. The van der Waals surface area contributed by atoms with Gasteiger partial charge in [-0.1, -0.05) is 26.8 Å². The van der Waals surface area contributed by atoms with E-state index in [1.54, 1.807) is 16.4 Å². The normalized spacial score (nSPS) is 16.8. The fourth-order valence-electron chi connectivity index (χ4n) is 2.02. The molecule has 12 heavy (non-hydrogen) atoms. The van der Waals surface area contributed by atoms with Crippen molar-refractivity contribution in [3.05, 3.63) is 29.3 Å². The van der Waals surface area contributed by atoms with Gasteiger partial charge >= 0.3 is 0 Å². The zero-order chi connectivity index (χ0) is 8.39. The van der Waals surface area contributed by atoms with Crippen molar-refractivity contribution in [2.45, 2.75) is 25.7 Å². The van der Waals surface area contributed by atoms with Gasteiger partial charge in [-0.15, -0.1) is 0 Å². The number of aryl methyl sites for hydroxylation is 1. The second kappa shape index (κ2) is 3.58. The van der Waals surface area contributed by atoms with E-state index in [1.807, 2.05) is 0 Å². The molecule has 0 heterocycles. The van der Waals surface area contributed by atoms with Crippen LogP contribution in [0.2, 0.25) is 0 Å². The highest BCUT2D eigenvalue weighted by atomic mass is 31.1. The Bertz CT molecular complexity index is 264. The van der Waals surface area contributed by atoms with Gasteiger partial charge in [0.15, 0.2) is 0 Å². The molecule has 0 spiro atoms. The minimum atomic E-state index is 0.969. The molecule has 0 saturated heterocycles. The first-order valence-electron chi connectivity index (χ1n) is 4.70. The lowest BCUT2D eigenvalue weighted by Gasteiger charge is -2.18. The summed E-state index contributed by atoms with van der Waals surface area (Å²) in [7, 11) is 0.969. The molecule has 0 amide bonds. The Morgan fingerprint density at radius 1 is 1.17 bits per heavy atom. The molecule has 1 aromatic rings. The van der Waals surface area contributed by atoms with E-state index in [2.05, 4.69) is 24.9 Å². The molecule has 1 heteroatoms. The van der Waals surface area contributed by atoms with Crippen molar-refractivity contribution in [3.63, 3.8) is 0 Å². The van der Waals surface area contributed by atoms with Gasteiger partial charge in [-0.25, -0.2) is 0 Å². The molecule has 2 rings (SSSR count). The molecule has 0 bridgehead atoms. The van der Waals surface area contributed by atoms with E-state index in [0.717, 1.165) is 8.58 Å². The quantitative estimate of drug-likeness (QED) is 0.579. The van der Waals surface area contributed by atoms with Crippen LogP contribution in [0.4, 0.5) is 0 Å². The van der Waals surface area contributed by atoms with E-state index in [4.69, 9.17) is 0 Å². The van der Waals surface area contributed by atoms with E-state index in [9.17, 15) is 0 Å². The minimum Gasteiger partial charge on any atom is -0.0933 e. The zero-order valence-electron chi connectivity index (χ0n) is 7.56. The van der Waals surface area contributed by atoms with Crippen LogP contribution < -0.4 is 5.30 Å². The Balaban J connectivity index is 2.44. The van der Waals surface area contributed by atoms with Gasteiger partial charge in [0.2, 0.25) is 0 Å². The van der Waals surface area contributed by atoms with Crippen LogP contribution in [0.3, 0.4) is 0 Å². The van der Waals surface area contributed by atoms with Gasteiger partial charge in [0, 0.05) is 0 Å². The summed E-state index contributed by atoms with van der Waals surface area (Å²) in [5, 5.41) is 1.60. The summed E-state index contributed by atoms with van der Waals surface area (Å²) < 4.78 is 0. The fraction of sp³-hybridized carbons (Fsp3) is 0.455. The van der Waals surface area contributed by atoms with Crippen LogP contribution >= 0.6 is 8.58 Å². The number of hydrogen-bond acceptors (Lipinski definition) is 0. The molecule has 1 aromatic carbocycles. The van der Waals surface area contributed by atoms with Crippen LogP contribution in [-0.4, -0.2) is 6.66 Å². The van der Waals surface area contributed by atoms with E-state index >= 15 is 0 Å². The van der Waals surface area contributed by atoms with Crippen molar-refractivity contribution in [1.29, 1.82) is 0 Å². The molecule has 0 N–H and O–H groups in total. The summed E-state index contributed by atoms with van der Waals surface area (Å²) in [4.78, 5) is 0. The van der Waals surface area contributed by atoms with Gasteiger partial charge in [0.25, 0.3) is 0 Å². The van der Waals surface area contributed by atoms with Crippen molar-refractivity contribution >= 4 is 13.9 Å². The summed E-state index contributed by atoms with van der Waals surface area (Å²) >= 11 is 0. The van der Waals surface area contributed by atoms with Crippen LogP contribution in [0.1, 0.15) is 24.0 Å². The lowest BCUT2D eigenvalue weighted by atomic mass is 9.92. The first-order valence-corrected chi connectivity index (χ1v) is 6.20. The molecular formula is C11H15P. The fourth-order valence-corrected chi connectivity index (χ4v) is 2.87. The second-order valence-corrected chi connectivity index (χ2v) is 4.44. The Morgan fingerprint density at radius 2 is 2.00 bits per heavy atom. The molecule has 0 fully saturated rings. The Kier molecular flexibility index (Phi) is 2.46. The van der Waals surface area contributed by atoms with E-state index in [1.165, 1.54) is 25.7 Å². The van der Waals surface area contributed by atoms with Gasteiger partial charge < -0.3 is 0 Å². The van der Waals surface area contributed by atoms with E-state index in [0.29, 0.717) is 0 Å². The number of hydrogen-bond donors (Lipinski definition) is 0. The largest absolute Gasteiger partial charge is 0.0933 e. The van der Waals surface area contributed by atoms with E-state index in [-0.39, 0.29) is 0 Å². The van der Waals surface area contributed by atoms with Gasteiger partial charge in [-0.2, -0.15) is 0 Å². The van der Waals surface area contributed by atoms with Crippen molar-refractivity contribution in [2.24, 2.45) is 0 Å². The number of rotatable bonds is 1. The zero-order valence-corrected chi connectivity index (χ0v) is 8.56. The summed E-state index contributed by atoms with van der Waals surface area (Å²) in [6.07, 6.45) is 5.43. The molecule has 0 radical (unpaired) electrons. The third-order valence-electron chi connectivity index (χ3n) is 2.67. The molecule has 1 unspecified atom stereocenters. The number of fused-ring (bicyclic) bond motifs is 1. The highest BCUT2D eigenvalue weighted by molar-refractivity contribution is 7.46. The van der Waals surface area contributed by atoms with Crippen molar-refractivity contribution in [1.82, 2.24) is 0 Å². The maximum atomic E-state index is 2.30. The highest BCUT2D eigenvalue weighted by Crippen LogP contribution is 2.22. The van der Waals surface area contributed by atoms with Crippen LogP contribution in [0.25, 0.3) is 0 Å². The first-order chi connectivity index (χ1) is 5.92. The maximum absolute atomic E-state index is 2.30. The summed E-state index contributed by atoms with van der Waals surface area (Å²) in [5.74, 6) is 0. The molecule has 1 aliphatic rings. The molecule has 1 atom stereocenters.